The van der Waals surface area contributed by atoms with Crippen LogP contribution in [0.4, 0.5) is 13.8 Å². The molecule has 0 spiro atoms. The molecule has 1 atom stereocenters. The zero-order valence-electron chi connectivity index (χ0n) is 16.9. The highest BCUT2D eigenvalue weighted by atomic mass is 32.1. The van der Waals surface area contributed by atoms with Crippen LogP contribution >= 0.6 is 11.3 Å². The second-order valence-corrected chi connectivity index (χ2v) is 8.49. The molecule has 2 heterocycles. The summed E-state index contributed by atoms with van der Waals surface area (Å²) < 4.78 is 34.6. The zero-order valence-corrected chi connectivity index (χ0v) is 17.7. The molecular formula is C21H22F2N4O3S. The van der Waals surface area contributed by atoms with Gasteiger partial charge in [0, 0.05) is 16.5 Å². The molecule has 1 aromatic carbocycles. The van der Waals surface area contributed by atoms with Crippen molar-refractivity contribution in [1.29, 1.82) is 0 Å². The average Bonchev–Trinajstić information content (AvgIpc) is 3.43. The van der Waals surface area contributed by atoms with Crippen molar-refractivity contribution in [2.75, 3.05) is 18.5 Å². The van der Waals surface area contributed by atoms with Crippen molar-refractivity contribution in [3.8, 4) is 0 Å². The van der Waals surface area contributed by atoms with E-state index in [9.17, 15) is 18.7 Å². The van der Waals surface area contributed by atoms with E-state index < -0.39 is 23.2 Å². The number of fused-ring (bicyclic) bond motifs is 1. The van der Waals surface area contributed by atoms with Gasteiger partial charge in [-0.3, -0.25) is 0 Å². The number of aryl methyl sites for hydroxylation is 1. The van der Waals surface area contributed by atoms with E-state index in [0.717, 1.165) is 41.8 Å². The molecule has 0 saturated heterocycles. The number of esters is 1. The highest BCUT2D eigenvalue weighted by Gasteiger charge is 2.35. The summed E-state index contributed by atoms with van der Waals surface area (Å²) in [4.78, 5) is 17.5. The number of thiophene rings is 1. The van der Waals surface area contributed by atoms with Crippen molar-refractivity contribution >= 4 is 22.3 Å². The minimum Gasteiger partial charge on any atom is -0.462 e. The van der Waals surface area contributed by atoms with E-state index in [0.29, 0.717) is 10.6 Å². The number of rotatable bonds is 8. The smallest absolute Gasteiger partial charge is 0.341 e. The van der Waals surface area contributed by atoms with Crippen LogP contribution in [0.15, 0.2) is 30.9 Å². The maximum absolute atomic E-state index is 14.6. The third kappa shape index (κ3) is 4.31. The minimum absolute atomic E-state index is 0.0846. The Morgan fingerprint density at radius 3 is 2.94 bits per heavy atom. The largest absolute Gasteiger partial charge is 0.462 e. The number of nitrogens with zero attached hydrogens (tertiary/aromatic N) is 3. The van der Waals surface area contributed by atoms with Crippen molar-refractivity contribution in [2.24, 2.45) is 0 Å². The molecule has 1 aliphatic carbocycles. The third-order valence-electron chi connectivity index (χ3n) is 5.26. The molecule has 2 aromatic heterocycles. The van der Waals surface area contributed by atoms with Crippen LogP contribution in [0, 0.1) is 11.6 Å². The van der Waals surface area contributed by atoms with E-state index in [-0.39, 0.29) is 25.3 Å². The normalized spacial score (nSPS) is 14.8. The molecule has 1 unspecified atom stereocenters. The van der Waals surface area contributed by atoms with Gasteiger partial charge in [0.2, 0.25) is 0 Å². The van der Waals surface area contributed by atoms with Gasteiger partial charge in [-0.1, -0.05) is 6.07 Å². The molecule has 31 heavy (non-hydrogen) atoms. The number of nitrogens with one attached hydrogen (secondary N) is 1. The number of aliphatic hydroxyl groups is 1. The molecule has 0 saturated carbocycles. The van der Waals surface area contributed by atoms with E-state index >= 15 is 0 Å². The standard InChI is InChI=1S/C21H22F2N4O3S/c1-2-30-20(28)18-14-4-3-5-17(14)31-19(18)25-9-21(29,10-27-12-24-11-26-27)15-7-6-13(22)8-16(15)23/h6-8,11-12,25,29H,2-5,9-10H2,1H3. The molecule has 0 amide bonds. The Labute approximate surface area is 181 Å². The number of benzene rings is 1. The molecule has 164 valence electrons. The highest BCUT2D eigenvalue weighted by molar-refractivity contribution is 7.16. The van der Waals surface area contributed by atoms with Crippen LogP contribution in [0.25, 0.3) is 0 Å². The predicted octanol–water partition coefficient (Wildman–Crippen LogP) is 3.28. The van der Waals surface area contributed by atoms with Gasteiger partial charge in [0.05, 0.1) is 25.3 Å². The lowest BCUT2D eigenvalue weighted by atomic mass is 9.92. The number of ether oxygens (including phenoxy) is 1. The number of hydrogen-bond acceptors (Lipinski definition) is 7. The van der Waals surface area contributed by atoms with Crippen LogP contribution in [0.5, 0.6) is 0 Å². The highest BCUT2D eigenvalue weighted by Crippen LogP contribution is 2.40. The van der Waals surface area contributed by atoms with Crippen LogP contribution in [0.2, 0.25) is 0 Å². The first kappa shape index (κ1) is 21.4. The molecule has 2 N–H and O–H groups in total. The Bertz CT molecular complexity index is 1090. The van der Waals surface area contributed by atoms with Crippen LogP contribution in [-0.2, 0) is 29.7 Å². The summed E-state index contributed by atoms with van der Waals surface area (Å²) in [7, 11) is 0. The van der Waals surface area contributed by atoms with E-state index in [1.165, 1.54) is 34.7 Å². The topological polar surface area (TPSA) is 89.3 Å². The van der Waals surface area contributed by atoms with E-state index in [1.54, 1.807) is 6.92 Å². The molecule has 10 heteroatoms. The van der Waals surface area contributed by atoms with Crippen LogP contribution < -0.4 is 5.32 Å². The van der Waals surface area contributed by atoms with E-state index in [2.05, 4.69) is 15.4 Å². The first-order valence-electron chi connectivity index (χ1n) is 9.97. The number of hydrogen-bond donors (Lipinski definition) is 2. The fourth-order valence-electron chi connectivity index (χ4n) is 3.86. The van der Waals surface area contributed by atoms with Gasteiger partial charge in [-0.05, 0) is 37.8 Å². The summed E-state index contributed by atoms with van der Waals surface area (Å²) >= 11 is 1.44. The lowest BCUT2D eigenvalue weighted by Gasteiger charge is -2.29. The second-order valence-electron chi connectivity index (χ2n) is 7.38. The minimum atomic E-state index is -1.79. The van der Waals surface area contributed by atoms with Crippen molar-refractivity contribution in [3.05, 3.63) is 64.1 Å². The van der Waals surface area contributed by atoms with Crippen molar-refractivity contribution in [3.63, 3.8) is 0 Å². The summed E-state index contributed by atoms with van der Waals surface area (Å²) in [6.45, 7) is 1.73. The SMILES string of the molecule is CCOC(=O)c1c(NCC(O)(Cn2cncn2)c2ccc(F)cc2F)sc2c1CCC2. The lowest BCUT2D eigenvalue weighted by Crippen LogP contribution is -2.39. The summed E-state index contributed by atoms with van der Waals surface area (Å²) in [5.74, 6) is -2.03. The van der Waals surface area contributed by atoms with Gasteiger partial charge in [0.15, 0.2) is 0 Å². The van der Waals surface area contributed by atoms with Crippen molar-refractivity contribution in [2.45, 2.75) is 38.3 Å². The van der Waals surface area contributed by atoms with Gasteiger partial charge in [0.25, 0.3) is 0 Å². The van der Waals surface area contributed by atoms with Crippen LogP contribution in [0.3, 0.4) is 0 Å². The number of carbonyl (C=O) groups is 1. The molecule has 4 rings (SSSR count). The van der Waals surface area contributed by atoms with Gasteiger partial charge in [-0.2, -0.15) is 5.10 Å². The third-order valence-corrected chi connectivity index (χ3v) is 6.51. The first-order valence-corrected chi connectivity index (χ1v) is 10.8. The number of carbonyl (C=O) groups excluding carboxylic acids is 1. The molecule has 0 fully saturated rings. The quantitative estimate of drug-likeness (QED) is 0.514. The fraction of sp³-hybridized carbons (Fsp3) is 0.381. The summed E-state index contributed by atoms with van der Waals surface area (Å²) in [5.41, 5.74) is -0.425. The molecule has 3 aromatic rings. The molecule has 0 aliphatic heterocycles. The molecule has 7 nitrogen and oxygen atoms in total. The summed E-state index contributed by atoms with van der Waals surface area (Å²) in [5, 5.41) is 19.1. The summed E-state index contributed by atoms with van der Waals surface area (Å²) in [6.07, 6.45) is 5.35. The van der Waals surface area contributed by atoms with Gasteiger partial charge in [-0.25, -0.2) is 23.2 Å². The van der Waals surface area contributed by atoms with Gasteiger partial charge in [0.1, 0.15) is 34.9 Å². The fourth-order valence-corrected chi connectivity index (χ4v) is 5.13. The average molecular weight is 448 g/mol. The maximum Gasteiger partial charge on any atom is 0.341 e. The Balaban J connectivity index is 1.66. The molecular weight excluding hydrogens is 426 g/mol. The Hall–Kier alpha value is -2.85. The second kappa shape index (κ2) is 8.72. The van der Waals surface area contributed by atoms with Crippen LogP contribution in [0.1, 0.15) is 39.7 Å². The van der Waals surface area contributed by atoms with E-state index in [1.807, 2.05) is 0 Å². The molecule has 0 radical (unpaired) electrons. The molecule has 1 aliphatic rings. The van der Waals surface area contributed by atoms with Gasteiger partial charge < -0.3 is 15.2 Å². The first-order chi connectivity index (χ1) is 14.9. The lowest BCUT2D eigenvalue weighted by molar-refractivity contribution is 0.0246. The monoisotopic (exact) mass is 448 g/mol. The van der Waals surface area contributed by atoms with Crippen molar-refractivity contribution < 1.29 is 23.4 Å². The molecule has 0 bridgehead atoms. The van der Waals surface area contributed by atoms with Gasteiger partial charge in [-0.15, -0.1) is 11.3 Å². The number of anilines is 1. The van der Waals surface area contributed by atoms with Crippen LogP contribution in [-0.4, -0.2) is 39.0 Å². The maximum atomic E-state index is 14.6. The number of aromatic nitrogens is 3. The number of halogens is 2. The zero-order chi connectivity index (χ0) is 22.0. The Kier molecular flexibility index (Phi) is 6.01. The van der Waals surface area contributed by atoms with Crippen molar-refractivity contribution in [1.82, 2.24) is 14.8 Å². The Morgan fingerprint density at radius 2 is 2.23 bits per heavy atom. The Morgan fingerprint density at radius 1 is 1.39 bits per heavy atom. The summed E-state index contributed by atoms with van der Waals surface area (Å²) in [6, 6.07) is 3.03. The van der Waals surface area contributed by atoms with Gasteiger partial charge >= 0.3 is 5.97 Å². The predicted molar refractivity (Wildman–Crippen MR) is 111 cm³/mol. The van der Waals surface area contributed by atoms with E-state index in [4.69, 9.17) is 4.74 Å².